The first-order chi connectivity index (χ1) is 4.22. The number of carbonyl (C=O) groups excluding carboxylic acids is 1. The van der Waals surface area contributed by atoms with Gasteiger partial charge in [-0.2, -0.15) is 0 Å². The first-order valence-electron chi connectivity index (χ1n) is 3.02. The molecule has 0 aromatic carbocycles. The number of hydrogen-bond donors (Lipinski definition) is 0. The van der Waals surface area contributed by atoms with Gasteiger partial charge in [0.05, 0.1) is 10.2 Å². The zero-order chi connectivity index (χ0) is 6.85. The highest BCUT2D eigenvalue weighted by molar-refractivity contribution is 9.10. The number of Topliss-reactive ketones (excluding diaryl/α,β-unsaturated/α-hetero) is 1. The lowest BCUT2D eigenvalue weighted by Gasteiger charge is -2.19. The summed E-state index contributed by atoms with van der Waals surface area (Å²) in [6, 6.07) is 0. The van der Waals surface area contributed by atoms with Crippen molar-refractivity contribution in [3.05, 3.63) is 0 Å². The number of rotatable bonds is 0. The van der Waals surface area contributed by atoms with E-state index < -0.39 is 0 Å². The van der Waals surface area contributed by atoms with E-state index in [0.29, 0.717) is 6.42 Å². The minimum absolute atomic E-state index is 0.0197. The minimum Gasteiger partial charge on any atom is -0.298 e. The van der Waals surface area contributed by atoms with Crippen molar-refractivity contribution in [2.75, 3.05) is 0 Å². The fourth-order valence-corrected chi connectivity index (χ4v) is 1.75. The molecule has 3 heteroatoms. The second-order valence-electron chi connectivity index (χ2n) is 2.28. The van der Waals surface area contributed by atoms with Crippen LogP contribution in [0.15, 0.2) is 0 Å². The summed E-state index contributed by atoms with van der Waals surface area (Å²) in [5.74, 6) is 0.251. The lowest BCUT2D eigenvalue weighted by molar-refractivity contribution is -0.119. The van der Waals surface area contributed by atoms with Gasteiger partial charge in [-0.25, -0.2) is 0 Å². The Morgan fingerprint density at radius 3 is 2.78 bits per heavy atom. The first-order valence-corrected chi connectivity index (χ1v) is 4.38. The first kappa shape index (κ1) is 7.55. The lowest BCUT2D eigenvalue weighted by atomic mass is 9.99. The number of halogens is 2. The van der Waals surface area contributed by atoms with E-state index in [9.17, 15) is 4.79 Å². The topological polar surface area (TPSA) is 17.1 Å². The Morgan fingerprint density at radius 2 is 2.33 bits per heavy atom. The molecule has 0 heterocycles. The van der Waals surface area contributed by atoms with Crippen molar-refractivity contribution in [3.8, 4) is 0 Å². The van der Waals surface area contributed by atoms with Gasteiger partial charge >= 0.3 is 0 Å². The van der Waals surface area contributed by atoms with E-state index in [1.165, 1.54) is 0 Å². The molecule has 0 bridgehead atoms. The van der Waals surface area contributed by atoms with Crippen molar-refractivity contribution in [1.29, 1.82) is 0 Å². The Labute approximate surface area is 67.9 Å². The molecule has 0 saturated heterocycles. The summed E-state index contributed by atoms with van der Waals surface area (Å²) in [4.78, 5) is 10.8. The normalized spacial score (nSPS) is 36.9. The predicted octanol–water partition coefficient (Wildman–Crippen LogP) is 2.11. The molecule has 9 heavy (non-hydrogen) atoms. The Morgan fingerprint density at radius 1 is 1.67 bits per heavy atom. The van der Waals surface area contributed by atoms with Gasteiger partial charge in [-0.15, -0.1) is 11.6 Å². The molecular formula is C6H8BrClO. The summed E-state index contributed by atoms with van der Waals surface area (Å²) < 4.78 is 0. The molecule has 1 rings (SSSR count). The van der Waals surface area contributed by atoms with E-state index in [4.69, 9.17) is 11.6 Å². The average Bonchev–Trinajstić information content (AvgIpc) is 1.83. The molecule has 0 unspecified atom stereocenters. The lowest BCUT2D eigenvalue weighted by Crippen LogP contribution is -2.28. The molecule has 1 saturated carbocycles. The number of alkyl halides is 2. The largest absolute Gasteiger partial charge is 0.298 e. The van der Waals surface area contributed by atoms with Crippen LogP contribution in [0, 0.1) is 0 Å². The summed E-state index contributed by atoms with van der Waals surface area (Å²) >= 11 is 9.03. The molecule has 0 amide bonds. The molecule has 1 aliphatic carbocycles. The van der Waals surface area contributed by atoms with Crippen LogP contribution in [0.3, 0.4) is 0 Å². The SMILES string of the molecule is O=C1CCC[C@H](Cl)[C@@H]1Br. The molecule has 0 aromatic rings. The van der Waals surface area contributed by atoms with Crippen LogP contribution in [0.4, 0.5) is 0 Å². The zero-order valence-electron chi connectivity index (χ0n) is 4.94. The van der Waals surface area contributed by atoms with Crippen LogP contribution in [0.5, 0.6) is 0 Å². The van der Waals surface area contributed by atoms with Gasteiger partial charge in [-0.1, -0.05) is 15.9 Å². The second-order valence-corrected chi connectivity index (χ2v) is 3.82. The third kappa shape index (κ3) is 1.68. The highest BCUT2D eigenvalue weighted by Gasteiger charge is 2.27. The second kappa shape index (κ2) is 3.02. The summed E-state index contributed by atoms with van der Waals surface area (Å²) in [6.45, 7) is 0. The van der Waals surface area contributed by atoms with Crippen LogP contribution in [0.2, 0.25) is 0 Å². The van der Waals surface area contributed by atoms with Gasteiger partial charge in [0.1, 0.15) is 5.78 Å². The standard InChI is InChI=1S/C6H8BrClO/c7-6-4(8)2-1-3-5(6)9/h4,6H,1-3H2/t4-,6-/m0/s1. The maximum atomic E-state index is 10.9. The summed E-state index contributed by atoms with van der Waals surface area (Å²) in [6.07, 6.45) is 2.61. The fourth-order valence-electron chi connectivity index (χ4n) is 0.957. The summed E-state index contributed by atoms with van der Waals surface area (Å²) in [5, 5.41) is 0.0197. The molecule has 1 aliphatic rings. The summed E-state index contributed by atoms with van der Waals surface area (Å²) in [5.41, 5.74) is 0. The Kier molecular flexibility index (Phi) is 2.53. The maximum Gasteiger partial charge on any atom is 0.147 e. The van der Waals surface area contributed by atoms with Crippen LogP contribution in [0.1, 0.15) is 19.3 Å². The van der Waals surface area contributed by atoms with Crippen molar-refractivity contribution in [1.82, 2.24) is 0 Å². The Hall–Kier alpha value is 0.440. The van der Waals surface area contributed by atoms with E-state index in [2.05, 4.69) is 15.9 Å². The van der Waals surface area contributed by atoms with Crippen LogP contribution in [-0.2, 0) is 4.79 Å². The van der Waals surface area contributed by atoms with Gasteiger partial charge in [0.25, 0.3) is 0 Å². The van der Waals surface area contributed by atoms with E-state index in [-0.39, 0.29) is 16.0 Å². The quantitative estimate of drug-likeness (QED) is 0.561. The van der Waals surface area contributed by atoms with Gasteiger partial charge in [0.2, 0.25) is 0 Å². The molecule has 1 fully saturated rings. The molecule has 1 nitrogen and oxygen atoms in total. The van der Waals surface area contributed by atoms with Crippen molar-refractivity contribution < 1.29 is 4.79 Å². The Bertz CT molecular complexity index is 126. The van der Waals surface area contributed by atoms with Crippen molar-refractivity contribution in [2.45, 2.75) is 29.5 Å². The van der Waals surface area contributed by atoms with Gasteiger partial charge in [0.15, 0.2) is 0 Å². The van der Waals surface area contributed by atoms with E-state index >= 15 is 0 Å². The molecule has 52 valence electrons. The molecule has 0 radical (unpaired) electrons. The number of hydrogen-bond acceptors (Lipinski definition) is 1. The average molecular weight is 211 g/mol. The highest BCUT2D eigenvalue weighted by Crippen LogP contribution is 2.25. The monoisotopic (exact) mass is 210 g/mol. The van der Waals surface area contributed by atoms with E-state index in [1.807, 2.05) is 0 Å². The number of carbonyl (C=O) groups is 1. The van der Waals surface area contributed by atoms with Crippen LogP contribution < -0.4 is 0 Å². The molecule has 0 N–H and O–H groups in total. The molecule has 2 atom stereocenters. The van der Waals surface area contributed by atoms with E-state index in [0.717, 1.165) is 12.8 Å². The van der Waals surface area contributed by atoms with Crippen LogP contribution in [-0.4, -0.2) is 16.0 Å². The van der Waals surface area contributed by atoms with E-state index in [1.54, 1.807) is 0 Å². The van der Waals surface area contributed by atoms with Crippen molar-refractivity contribution in [3.63, 3.8) is 0 Å². The van der Waals surface area contributed by atoms with Crippen LogP contribution in [0.25, 0.3) is 0 Å². The Balaban J connectivity index is 2.51. The van der Waals surface area contributed by atoms with Gasteiger partial charge in [0, 0.05) is 6.42 Å². The van der Waals surface area contributed by atoms with Crippen molar-refractivity contribution in [2.24, 2.45) is 0 Å². The molecule has 0 aromatic heterocycles. The fraction of sp³-hybridized carbons (Fsp3) is 0.833. The van der Waals surface area contributed by atoms with Gasteiger partial charge < -0.3 is 0 Å². The highest BCUT2D eigenvalue weighted by atomic mass is 79.9. The maximum absolute atomic E-state index is 10.9. The minimum atomic E-state index is -0.0899. The number of ketones is 1. The van der Waals surface area contributed by atoms with Gasteiger partial charge in [-0.05, 0) is 12.8 Å². The predicted molar refractivity (Wildman–Crippen MR) is 41.2 cm³/mol. The third-order valence-electron chi connectivity index (χ3n) is 1.53. The smallest absolute Gasteiger partial charge is 0.147 e. The zero-order valence-corrected chi connectivity index (χ0v) is 7.28. The summed E-state index contributed by atoms with van der Waals surface area (Å²) in [7, 11) is 0. The molecular weight excluding hydrogens is 203 g/mol. The molecule has 0 spiro atoms. The van der Waals surface area contributed by atoms with Crippen LogP contribution >= 0.6 is 27.5 Å². The third-order valence-corrected chi connectivity index (χ3v) is 3.45. The van der Waals surface area contributed by atoms with Crippen molar-refractivity contribution >= 4 is 33.3 Å². The molecule has 0 aliphatic heterocycles. The van der Waals surface area contributed by atoms with Gasteiger partial charge in [-0.3, -0.25) is 4.79 Å².